The van der Waals surface area contributed by atoms with Gasteiger partial charge in [0.05, 0.1) is 4.83 Å². The van der Waals surface area contributed by atoms with Crippen molar-refractivity contribution in [2.75, 3.05) is 0 Å². The Morgan fingerprint density at radius 2 is 2.00 bits per heavy atom. The third-order valence-corrected chi connectivity index (χ3v) is 3.67. The van der Waals surface area contributed by atoms with Crippen molar-refractivity contribution in [2.24, 2.45) is 7.05 Å². The van der Waals surface area contributed by atoms with E-state index in [-0.39, 0.29) is 10.6 Å². The van der Waals surface area contributed by atoms with E-state index in [2.05, 4.69) is 38.7 Å². The van der Waals surface area contributed by atoms with Gasteiger partial charge in [0.2, 0.25) is 0 Å². The Morgan fingerprint density at radius 1 is 1.35 bits per heavy atom. The van der Waals surface area contributed by atoms with Crippen molar-refractivity contribution in [3.05, 3.63) is 35.0 Å². The van der Waals surface area contributed by atoms with Crippen LogP contribution in [-0.4, -0.2) is 15.2 Å². The zero-order valence-corrected chi connectivity index (χ0v) is 12.1. The molecule has 1 heterocycles. The highest BCUT2D eigenvalue weighted by atomic mass is 79.9. The molecule has 0 spiro atoms. The summed E-state index contributed by atoms with van der Waals surface area (Å²) < 4.78 is 2.08. The molecule has 0 saturated heterocycles. The first kappa shape index (κ1) is 12.4. The quantitative estimate of drug-likeness (QED) is 0.610. The molecule has 17 heavy (non-hydrogen) atoms. The molecule has 1 atom stereocenters. The summed E-state index contributed by atoms with van der Waals surface area (Å²) in [7, 11) is 2.00. The number of hydrogen-bond acceptors (Lipinski definition) is 1. The van der Waals surface area contributed by atoms with Crippen LogP contribution in [0, 0.1) is 13.8 Å². The zero-order chi connectivity index (χ0) is 12.7. The Kier molecular flexibility index (Phi) is 3.13. The molecule has 0 aliphatic carbocycles. The number of halogens is 1. The van der Waals surface area contributed by atoms with Crippen LogP contribution in [0.2, 0.25) is 0 Å². The molecule has 0 fully saturated rings. The van der Waals surface area contributed by atoms with E-state index >= 15 is 0 Å². The van der Waals surface area contributed by atoms with E-state index < -0.39 is 0 Å². The number of aromatic nitrogens is 1. The number of carbonyl (C=O) groups excluding carboxylic acids is 1. The van der Waals surface area contributed by atoms with Gasteiger partial charge in [0.15, 0.2) is 5.78 Å². The van der Waals surface area contributed by atoms with Gasteiger partial charge in [0, 0.05) is 29.2 Å². The summed E-state index contributed by atoms with van der Waals surface area (Å²) in [5.41, 5.74) is 4.17. The van der Waals surface area contributed by atoms with E-state index in [1.165, 1.54) is 5.56 Å². The second-order valence-corrected chi connectivity index (χ2v) is 5.89. The van der Waals surface area contributed by atoms with Gasteiger partial charge < -0.3 is 4.57 Å². The number of benzene rings is 1. The molecule has 0 N–H and O–H groups in total. The highest BCUT2D eigenvalue weighted by Crippen LogP contribution is 2.28. The van der Waals surface area contributed by atoms with Crippen molar-refractivity contribution in [1.29, 1.82) is 0 Å². The largest absolute Gasteiger partial charge is 0.347 e. The number of ketones is 1. The Balaban J connectivity index is 2.82. The number of alkyl halides is 1. The van der Waals surface area contributed by atoms with Gasteiger partial charge in [-0.2, -0.15) is 0 Å². The molecule has 3 heteroatoms. The maximum absolute atomic E-state index is 12.2. The first-order valence-corrected chi connectivity index (χ1v) is 6.59. The smallest absolute Gasteiger partial charge is 0.178 e. The maximum atomic E-state index is 12.2. The van der Waals surface area contributed by atoms with Gasteiger partial charge in [-0.3, -0.25) is 4.79 Å². The Bertz CT molecular complexity index is 596. The first-order chi connectivity index (χ1) is 7.93. The van der Waals surface area contributed by atoms with Gasteiger partial charge in [-0.15, -0.1) is 0 Å². The van der Waals surface area contributed by atoms with Crippen LogP contribution >= 0.6 is 15.9 Å². The van der Waals surface area contributed by atoms with Gasteiger partial charge in [-0.1, -0.05) is 27.6 Å². The second-order valence-electron chi connectivity index (χ2n) is 4.52. The standard InChI is InChI=1S/C14H16BrNO/c1-8-5-6-12-11(7-8)13(10(3)16(12)4)14(17)9(2)15/h5-7,9H,1-4H3. The highest BCUT2D eigenvalue weighted by Gasteiger charge is 2.21. The van der Waals surface area contributed by atoms with Crippen LogP contribution in [0.15, 0.2) is 18.2 Å². The Morgan fingerprint density at radius 3 is 2.59 bits per heavy atom. The van der Waals surface area contributed by atoms with Crippen molar-refractivity contribution >= 4 is 32.6 Å². The molecule has 0 amide bonds. The fourth-order valence-corrected chi connectivity index (χ4v) is 2.42. The van der Waals surface area contributed by atoms with Crippen molar-refractivity contribution in [1.82, 2.24) is 4.57 Å². The number of nitrogens with zero attached hydrogens (tertiary/aromatic N) is 1. The molecule has 1 aromatic heterocycles. The Hall–Kier alpha value is -1.09. The fourth-order valence-electron chi connectivity index (χ4n) is 2.20. The number of carbonyl (C=O) groups is 1. The van der Waals surface area contributed by atoms with Gasteiger partial charge >= 0.3 is 0 Å². The Labute approximate surface area is 110 Å². The molecule has 0 radical (unpaired) electrons. The van der Waals surface area contributed by atoms with Crippen LogP contribution in [0.3, 0.4) is 0 Å². The van der Waals surface area contributed by atoms with Gasteiger partial charge in [-0.05, 0) is 32.9 Å². The van der Waals surface area contributed by atoms with E-state index in [1.54, 1.807) is 0 Å². The summed E-state index contributed by atoms with van der Waals surface area (Å²) in [4.78, 5) is 12.1. The monoisotopic (exact) mass is 293 g/mol. The zero-order valence-electron chi connectivity index (χ0n) is 10.5. The molecule has 2 aromatic rings. The van der Waals surface area contributed by atoms with Crippen LogP contribution in [0.1, 0.15) is 28.5 Å². The predicted molar refractivity (Wildman–Crippen MR) is 75.1 cm³/mol. The van der Waals surface area contributed by atoms with Crippen LogP contribution in [-0.2, 0) is 7.05 Å². The van der Waals surface area contributed by atoms with E-state index in [0.717, 1.165) is 22.2 Å². The lowest BCUT2D eigenvalue weighted by molar-refractivity contribution is 0.0996. The third kappa shape index (κ3) is 1.93. The average Bonchev–Trinajstić information content (AvgIpc) is 2.50. The fraction of sp³-hybridized carbons (Fsp3) is 0.357. The predicted octanol–water partition coefficient (Wildman–Crippen LogP) is 3.76. The molecule has 1 aromatic carbocycles. The second kappa shape index (κ2) is 4.30. The number of hydrogen-bond donors (Lipinski definition) is 0. The molecular formula is C14H16BrNO. The van der Waals surface area contributed by atoms with Gasteiger partial charge in [-0.25, -0.2) is 0 Å². The van der Waals surface area contributed by atoms with Gasteiger partial charge in [0.1, 0.15) is 0 Å². The van der Waals surface area contributed by atoms with Gasteiger partial charge in [0.25, 0.3) is 0 Å². The topological polar surface area (TPSA) is 22.0 Å². The van der Waals surface area contributed by atoms with Crippen LogP contribution in [0.4, 0.5) is 0 Å². The lowest BCUT2D eigenvalue weighted by Gasteiger charge is -2.03. The number of fused-ring (bicyclic) bond motifs is 1. The number of rotatable bonds is 2. The summed E-state index contributed by atoms with van der Waals surface area (Å²) in [6, 6.07) is 6.24. The van der Waals surface area contributed by atoms with Crippen LogP contribution in [0.25, 0.3) is 10.9 Å². The molecular weight excluding hydrogens is 278 g/mol. The normalized spacial score (nSPS) is 13.0. The SMILES string of the molecule is Cc1ccc2c(c1)c(C(=O)C(C)Br)c(C)n2C. The van der Waals surface area contributed by atoms with E-state index in [4.69, 9.17) is 0 Å². The minimum atomic E-state index is -0.146. The molecule has 0 aliphatic rings. The summed E-state index contributed by atoms with van der Waals surface area (Å²) in [6.07, 6.45) is 0. The molecule has 90 valence electrons. The van der Waals surface area contributed by atoms with E-state index in [0.29, 0.717) is 0 Å². The van der Waals surface area contributed by atoms with Crippen LogP contribution < -0.4 is 0 Å². The lowest BCUT2D eigenvalue weighted by Crippen LogP contribution is -2.11. The minimum Gasteiger partial charge on any atom is -0.347 e. The summed E-state index contributed by atoms with van der Waals surface area (Å²) in [5, 5.41) is 1.06. The molecule has 1 unspecified atom stereocenters. The highest BCUT2D eigenvalue weighted by molar-refractivity contribution is 9.10. The third-order valence-electron chi connectivity index (χ3n) is 3.26. The van der Waals surface area contributed by atoms with Crippen LogP contribution in [0.5, 0.6) is 0 Å². The molecule has 2 rings (SSSR count). The average molecular weight is 294 g/mol. The van der Waals surface area contributed by atoms with Crippen molar-refractivity contribution in [3.63, 3.8) is 0 Å². The minimum absolute atomic E-state index is 0.146. The molecule has 0 aliphatic heterocycles. The summed E-state index contributed by atoms with van der Waals surface area (Å²) >= 11 is 3.37. The molecule has 2 nitrogen and oxygen atoms in total. The summed E-state index contributed by atoms with van der Waals surface area (Å²) in [6.45, 7) is 5.92. The molecule has 0 saturated carbocycles. The van der Waals surface area contributed by atoms with E-state index in [1.807, 2.05) is 27.8 Å². The van der Waals surface area contributed by atoms with Crippen molar-refractivity contribution in [2.45, 2.75) is 25.6 Å². The van der Waals surface area contributed by atoms with Crippen molar-refractivity contribution in [3.8, 4) is 0 Å². The summed E-state index contributed by atoms with van der Waals surface area (Å²) in [5.74, 6) is 0.152. The number of aryl methyl sites for hydroxylation is 2. The maximum Gasteiger partial charge on any atom is 0.178 e. The lowest BCUT2D eigenvalue weighted by atomic mass is 10.0. The number of Topliss-reactive ketones (excluding diaryl/α,β-unsaturated/α-hetero) is 1. The first-order valence-electron chi connectivity index (χ1n) is 5.67. The van der Waals surface area contributed by atoms with E-state index in [9.17, 15) is 4.79 Å². The molecule has 0 bridgehead atoms. The van der Waals surface area contributed by atoms with Crippen molar-refractivity contribution < 1.29 is 4.79 Å².